The fourth-order valence-electron chi connectivity index (χ4n) is 1.12. The smallest absolute Gasteiger partial charge is 0.252 e. The Bertz CT molecular complexity index is 461. The number of nitrogens with two attached hydrogens (primary N) is 1. The standard InChI is InChI=1S/C8H7N3O2S/c1-4-5(8(9)12)2-7(13-4)6-3-14-11-10-6/h2-3H,1H3,(H2,9,12). The molecule has 2 N–H and O–H groups in total. The maximum atomic E-state index is 10.9. The van der Waals surface area contributed by atoms with Gasteiger partial charge in [0.2, 0.25) is 0 Å². The van der Waals surface area contributed by atoms with Crippen LogP contribution in [0.15, 0.2) is 15.9 Å². The number of carbonyl (C=O) groups is 1. The molecule has 5 nitrogen and oxygen atoms in total. The van der Waals surface area contributed by atoms with Crippen molar-refractivity contribution in [3.8, 4) is 11.5 Å². The fraction of sp³-hybridized carbons (Fsp3) is 0.125. The molecule has 2 aromatic heterocycles. The van der Waals surface area contributed by atoms with E-state index in [4.69, 9.17) is 10.2 Å². The molecule has 0 unspecified atom stereocenters. The monoisotopic (exact) mass is 209 g/mol. The predicted molar refractivity (Wildman–Crippen MR) is 50.9 cm³/mol. The SMILES string of the molecule is Cc1oc(-c2csnn2)cc1C(N)=O. The van der Waals surface area contributed by atoms with Gasteiger partial charge in [-0.3, -0.25) is 4.79 Å². The summed E-state index contributed by atoms with van der Waals surface area (Å²) in [5.41, 5.74) is 6.15. The molecule has 14 heavy (non-hydrogen) atoms. The fourth-order valence-corrected chi connectivity index (χ4v) is 1.57. The van der Waals surface area contributed by atoms with Crippen LogP contribution in [0.5, 0.6) is 0 Å². The highest BCUT2D eigenvalue weighted by molar-refractivity contribution is 7.03. The number of rotatable bonds is 2. The summed E-state index contributed by atoms with van der Waals surface area (Å²) in [4.78, 5) is 10.9. The van der Waals surface area contributed by atoms with Crippen molar-refractivity contribution < 1.29 is 9.21 Å². The van der Waals surface area contributed by atoms with Gasteiger partial charge in [0.25, 0.3) is 5.91 Å². The maximum absolute atomic E-state index is 10.9. The van der Waals surface area contributed by atoms with Crippen molar-refractivity contribution in [1.29, 1.82) is 0 Å². The van der Waals surface area contributed by atoms with Gasteiger partial charge in [0.05, 0.1) is 5.56 Å². The average Bonchev–Trinajstić information content (AvgIpc) is 2.70. The van der Waals surface area contributed by atoms with E-state index in [1.165, 1.54) is 11.5 Å². The van der Waals surface area contributed by atoms with Crippen molar-refractivity contribution >= 4 is 17.4 Å². The highest BCUT2D eigenvalue weighted by Crippen LogP contribution is 2.23. The Balaban J connectivity index is 2.48. The van der Waals surface area contributed by atoms with Gasteiger partial charge in [0.15, 0.2) is 5.76 Å². The summed E-state index contributed by atoms with van der Waals surface area (Å²) in [7, 11) is 0. The van der Waals surface area contributed by atoms with E-state index in [-0.39, 0.29) is 0 Å². The van der Waals surface area contributed by atoms with Gasteiger partial charge in [0.1, 0.15) is 11.5 Å². The summed E-state index contributed by atoms with van der Waals surface area (Å²) in [5, 5.41) is 5.56. The first-order valence-electron chi connectivity index (χ1n) is 3.86. The number of aryl methyl sites for hydroxylation is 1. The lowest BCUT2D eigenvalue weighted by Gasteiger charge is -1.86. The minimum absolute atomic E-state index is 0.382. The van der Waals surface area contributed by atoms with Gasteiger partial charge in [-0.25, -0.2) is 0 Å². The van der Waals surface area contributed by atoms with E-state index in [1.807, 2.05) is 0 Å². The number of primary amides is 1. The molecular formula is C8H7N3O2S. The van der Waals surface area contributed by atoms with Crippen molar-refractivity contribution in [3.63, 3.8) is 0 Å². The van der Waals surface area contributed by atoms with Crippen LogP contribution >= 0.6 is 11.5 Å². The zero-order valence-corrected chi connectivity index (χ0v) is 8.17. The summed E-state index contributed by atoms with van der Waals surface area (Å²) in [5.74, 6) is 0.520. The molecule has 2 heterocycles. The molecule has 0 radical (unpaired) electrons. The third-order valence-corrected chi connectivity index (χ3v) is 2.30. The Morgan fingerprint density at radius 2 is 2.43 bits per heavy atom. The first-order valence-corrected chi connectivity index (χ1v) is 4.70. The second kappa shape index (κ2) is 3.22. The summed E-state index contributed by atoms with van der Waals surface area (Å²) < 4.78 is 9.02. The van der Waals surface area contributed by atoms with Gasteiger partial charge in [-0.1, -0.05) is 4.49 Å². The minimum Gasteiger partial charge on any atom is -0.459 e. The molecule has 0 aliphatic carbocycles. The van der Waals surface area contributed by atoms with Crippen LogP contribution in [0, 0.1) is 6.92 Å². The highest BCUT2D eigenvalue weighted by atomic mass is 32.1. The van der Waals surface area contributed by atoms with Crippen LogP contribution in [0.25, 0.3) is 11.5 Å². The highest BCUT2D eigenvalue weighted by Gasteiger charge is 2.14. The molecular weight excluding hydrogens is 202 g/mol. The summed E-state index contributed by atoms with van der Waals surface area (Å²) in [6.45, 7) is 1.68. The number of nitrogens with zero attached hydrogens (tertiary/aromatic N) is 2. The predicted octanol–water partition coefficient (Wildman–Crippen LogP) is 1.21. The molecule has 0 spiro atoms. The molecule has 0 bridgehead atoms. The van der Waals surface area contributed by atoms with Crippen molar-refractivity contribution in [2.24, 2.45) is 5.73 Å². The molecule has 72 valence electrons. The lowest BCUT2D eigenvalue weighted by Crippen LogP contribution is -2.10. The van der Waals surface area contributed by atoms with Crippen LogP contribution in [0.3, 0.4) is 0 Å². The van der Waals surface area contributed by atoms with Gasteiger partial charge in [0, 0.05) is 5.38 Å². The molecule has 0 atom stereocenters. The number of carbonyl (C=O) groups excluding carboxylic acids is 1. The third kappa shape index (κ3) is 1.39. The topological polar surface area (TPSA) is 82.0 Å². The molecule has 0 aromatic carbocycles. The van der Waals surface area contributed by atoms with Crippen molar-refractivity contribution in [2.75, 3.05) is 0 Å². The lowest BCUT2D eigenvalue weighted by atomic mass is 10.2. The van der Waals surface area contributed by atoms with Crippen molar-refractivity contribution in [2.45, 2.75) is 6.92 Å². The number of amides is 1. The molecule has 2 rings (SSSR count). The van der Waals surface area contributed by atoms with Gasteiger partial charge in [-0.15, -0.1) is 5.10 Å². The van der Waals surface area contributed by atoms with Crippen LogP contribution < -0.4 is 5.73 Å². The van der Waals surface area contributed by atoms with Crippen molar-refractivity contribution in [1.82, 2.24) is 9.59 Å². The molecule has 0 saturated carbocycles. The Labute approximate surface area is 83.7 Å². The van der Waals surface area contributed by atoms with Crippen LogP contribution in [0.2, 0.25) is 0 Å². The van der Waals surface area contributed by atoms with Gasteiger partial charge in [-0.05, 0) is 24.5 Å². The molecule has 0 aliphatic rings. The summed E-state index contributed by atoms with van der Waals surface area (Å²) in [6.07, 6.45) is 0. The zero-order valence-electron chi connectivity index (χ0n) is 7.35. The normalized spacial score (nSPS) is 10.4. The lowest BCUT2D eigenvalue weighted by molar-refractivity contribution is 0.0999. The summed E-state index contributed by atoms with van der Waals surface area (Å²) >= 11 is 1.22. The summed E-state index contributed by atoms with van der Waals surface area (Å²) in [6, 6.07) is 1.58. The average molecular weight is 209 g/mol. The Morgan fingerprint density at radius 3 is 2.93 bits per heavy atom. The largest absolute Gasteiger partial charge is 0.459 e. The Hall–Kier alpha value is -1.69. The molecule has 2 aromatic rings. The molecule has 0 aliphatic heterocycles. The van der Waals surface area contributed by atoms with E-state index < -0.39 is 5.91 Å². The minimum atomic E-state index is -0.499. The second-order valence-electron chi connectivity index (χ2n) is 2.73. The quantitative estimate of drug-likeness (QED) is 0.805. The van der Waals surface area contributed by atoms with E-state index in [0.29, 0.717) is 22.8 Å². The number of aromatic nitrogens is 2. The van der Waals surface area contributed by atoms with Gasteiger partial charge < -0.3 is 10.2 Å². The molecule has 0 saturated heterocycles. The number of furan rings is 1. The maximum Gasteiger partial charge on any atom is 0.252 e. The number of hydrogen-bond donors (Lipinski definition) is 1. The van der Waals surface area contributed by atoms with E-state index in [0.717, 1.165) is 0 Å². The molecule has 6 heteroatoms. The van der Waals surface area contributed by atoms with Crippen molar-refractivity contribution in [3.05, 3.63) is 22.8 Å². The number of hydrogen-bond acceptors (Lipinski definition) is 5. The Kier molecular flexibility index (Phi) is 2.05. The third-order valence-electron chi connectivity index (χ3n) is 1.80. The van der Waals surface area contributed by atoms with E-state index in [9.17, 15) is 4.79 Å². The van der Waals surface area contributed by atoms with Crippen LogP contribution in [-0.2, 0) is 0 Å². The first kappa shape index (κ1) is 8.89. The zero-order chi connectivity index (χ0) is 10.1. The van der Waals surface area contributed by atoms with E-state index in [1.54, 1.807) is 18.4 Å². The van der Waals surface area contributed by atoms with E-state index in [2.05, 4.69) is 9.59 Å². The molecule has 0 fully saturated rings. The van der Waals surface area contributed by atoms with Crippen LogP contribution in [0.4, 0.5) is 0 Å². The van der Waals surface area contributed by atoms with Crippen LogP contribution in [-0.4, -0.2) is 15.5 Å². The second-order valence-corrected chi connectivity index (χ2v) is 3.34. The first-order chi connectivity index (χ1) is 6.68. The Morgan fingerprint density at radius 1 is 1.64 bits per heavy atom. The van der Waals surface area contributed by atoms with Gasteiger partial charge >= 0.3 is 0 Å². The van der Waals surface area contributed by atoms with E-state index >= 15 is 0 Å². The van der Waals surface area contributed by atoms with Gasteiger partial charge in [-0.2, -0.15) is 0 Å². The van der Waals surface area contributed by atoms with Crippen LogP contribution in [0.1, 0.15) is 16.1 Å². The molecule has 1 amide bonds.